The van der Waals surface area contributed by atoms with Gasteiger partial charge in [-0.2, -0.15) is 8.75 Å². The molecule has 0 spiro atoms. The molecule has 3 nitrogen and oxygen atoms in total. The van der Waals surface area contributed by atoms with E-state index in [1.54, 1.807) is 0 Å². The van der Waals surface area contributed by atoms with Crippen LogP contribution in [0.1, 0.15) is 49.9 Å². The summed E-state index contributed by atoms with van der Waals surface area (Å²) < 4.78 is 9.14. The van der Waals surface area contributed by atoms with E-state index in [-0.39, 0.29) is 0 Å². The van der Waals surface area contributed by atoms with Crippen molar-refractivity contribution in [2.24, 2.45) is 5.92 Å². The lowest BCUT2D eigenvalue weighted by Crippen LogP contribution is -2.46. The van der Waals surface area contributed by atoms with Gasteiger partial charge >= 0.3 is 0 Å². The highest BCUT2D eigenvalue weighted by Crippen LogP contribution is 2.39. The van der Waals surface area contributed by atoms with Gasteiger partial charge in [0.2, 0.25) is 0 Å². The van der Waals surface area contributed by atoms with Crippen LogP contribution in [0.2, 0.25) is 0 Å². The van der Waals surface area contributed by atoms with Crippen LogP contribution >= 0.6 is 11.7 Å². The second-order valence-corrected chi connectivity index (χ2v) is 5.97. The van der Waals surface area contributed by atoms with Gasteiger partial charge in [0.1, 0.15) is 0 Å². The van der Waals surface area contributed by atoms with Crippen molar-refractivity contribution >= 4 is 11.7 Å². The van der Waals surface area contributed by atoms with E-state index in [0.29, 0.717) is 5.92 Å². The third-order valence-electron chi connectivity index (χ3n) is 4.36. The summed E-state index contributed by atoms with van der Waals surface area (Å²) in [7, 11) is 0. The molecule has 0 N–H and O–H groups in total. The first kappa shape index (κ1) is 11.6. The molecule has 94 valence electrons. The molecule has 3 aliphatic heterocycles. The lowest BCUT2D eigenvalue weighted by molar-refractivity contribution is 0.0853. The molecule has 2 bridgehead atoms. The summed E-state index contributed by atoms with van der Waals surface area (Å²) in [6.07, 6.45) is 6.37. The van der Waals surface area contributed by atoms with Crippen LogP contribution in [0.3, 0.4) is 0 Å². The number of unbranched alkanes of at least 4 members (excludes halogenated alkanes) is 1. The Kier molecular flexibility index (Phi) is 3.43. The Labute approximate surface area is 108 Å². The molecule has 3 saturated heterocycles. The first-order chi connectivity index (χ1) is 8.38. The van der Waals surface area contributed by atoms with Crippen molar-refractivity contribution in [1.29, 1.82) is 0 Å². The molecule has 1 aromatic rings. The van der Waals surface area contributed by atoms with Gasteiger partial charge in [-0.25, -0.2) is 0 Å². The molecular formula is C13H21N3S. The smallest absolute Gasteiger partial charge is 0.0821 e. The highest BCUT2D eigenvalue weighted by molar-refractivity contribution is 6.99. The van der Waals surface area contributed by atoms with Crippen LogP contribution in [0.5, 0.6) is 0 Å². The number of nitrogens with zero attached hydrogens (tertiary/aromatic N) is 3. The van der Waals surface area contributed by atoms with Gasteiger partial charge in [0, 0.05) is 12.5 Å². The Bertz CT molecular complexity index is 368. The molecule has 0 saturated carbocycles. The van der Waals surface area contributed by atoms with E-state index < -0.39 is 0 Å². The standard InChI is InChI=1S/C13H21N3S/c1-2-3-4-12-13(15-17-14-12)11-9-16-7-5-10(11)6-8-16/h10-11H,2-9H2,1H3. The quantitative estimate of drug-likeness (QED) is 0.824. The summed E-state index contributed by atoms with van der Waals surface area (Å²) in [4.78, 5) is 2.60. The van der Waals surface area contributed by atoms with Gasteiger partial charge in [0.05, 0.1) is 23.1 Å². The van der Waals surface area contributed by atoms with Crippen molar-refractivity contribution in [3.05, 3.63) is 11.4 Å². The zero-order chi connectivity index (χ0) is 11.7. The summed E-state index contributed by atoms with van der Waals surface area (Å²) in [6, 6.07) is 0. The molecule has 0 aromatic carbocycles. The van der Waals surface area contributed by atoms with E-state index in [9.17, 15) is 0 Å². The number of aromatic nitrogens is 2. The molecule has 1 aromatic heterocycles. The van der Waals surface area contributed by atoms with Gasteiger partial charge in [-0.05, 0) is 44.7 Å². The number of rotatable bonds is 4. The molecular weight excluding hydrogens is 230 g/mol. The Balaban J connectivity index is 1.77. The molecule has 3 fully saturated rings. The second-order valence-electron chi connectivity index (χ2n) is 5.44. The average molecular weight is 251 g/mol. The molecule has 4 heterocycles. The van der Waals surface area contributed by atoms with Crippen molar-refractivity contribution in [3.8, 4) is 0 Å². The predicted molar refractivity (Wildman–Crippen MR) is 70.4 cm³/mol. The van der Waals surface area contributed by atoms with Crippen molar-refractivity contribution in [1.82, 2.24) is 13.6 Å². The topological polar surface area (TPSA) is 29.0 Å². The molecule has 17 heavy (non-hydrogen) atoms. The molecule has 4 rings (SSSR count). The molecule has 3 aliphatic rings. The lowest BCUT2D eigenvalue weighted by Gasteiger charge is -2.44. The van der Waals surface area contributed by atoms with Gasteiger partial charge in [0.25, 0.3) is 0 Å². The third-order valence-corrected chi connectivity index (χ3v) is 4.94. The monoisotopic (exact) mass is 251 g/mol. The minimum atomic E-state index is 0.683. The Morgan fingerprint density at radius 1 is 1.29 bits per heavy atom. The zero-order valence-electron chi connectivity index (χ0n) is 10.6. The third kappa shape index (κ3) is 2.25. The fraction of sp³-hybridized carbons (Fsp3) is 0.846. The van der Waals surface area contributed by atoms with E-state index in [4.69, 9.17) is 0 Å². The highest BCUT2D eigenvalue weighted by atomic mass is 32.1. The number of hydrogen-bond acceptors (Lipinski definition) is 4. The van der Waals surface area contributed by atoms with Crippen molar-refractivity contribution in [2.45, 2.75) is 44.9 Å². The van der Waals surface area contributed by atoms with Crippen LogP contribution in [-0.2, 0) is 6.42 Å². The largest absolute Gasteiger partial charge is 0.303 e. The van der Waals surface area contributed by atoms with Gasteiger partial charge in [0.15, 0.2) is 0 Å². The number of hydrogen-bond donors (Lipinski definition) is 0. The van der Waals surface area contributed by atoms with Gasteiger partial charge in [-0.1, -0.05) is 13.3 Å². The van der Waals surface area contributed by atoms with Gasteiger partial charge in [-0.15, -0.1) is 0 Å². The van der Waals surface area contributed by atoms with E-state index in [2.05, 4.69) is 20.6 Å². The Morgan fingerprint density at radius 3 is 2.76 bits per heavy atom. The molecule has 1 unspecified atom stereocenters. The summed E-state index contributed by atoms with van der Waals surface area (Å²) in [5.74, 6) is 1.56. The van der Waals surface area contributed by atoms with Gasteiger partial charge in [-0.3, -0.25) is 0 Å². The van der Waals surface area contributed by atoms with Crippen LogP contribution in [0.15, 0.2) is 0 Å². The molecule has 1 atom stereocenters. The summed E-state index contributed by atoms with van der Waals surface area (Å²) in [6.45, 7) is 6.09. The van der Waals surface area contributed by atoms with Crippen LogP contribution in [-0.4, -0.2) is 33.3 Å². The fourth-order valence-corrected chi connectivity index (χ4v) is 3.94. The first-order valence-corrected chi connectivity index (χ1v) is 7.65. The average Bonchev–Trinajstić information content (AvgIpc) is 2.86. The summed E-state index contributed by atoms with van der Waals surface area (Å²) in [5.41, 5.74) is 2.65. The number of aryl methyl sites for hydroxylation is 1. The van der Waals surface area contributed by atoms with E-state index in [1.807, 2.05) is 0 Å². The van der Waals surface area contributed by atoms with Crippen molar-refractivity contribution < 1.29 is 0 Å². The minimum absolute atomic E-state index is 0.683. The highest BCUT2D eigenvalue weighted by Gasteiger charge is 2.37. The van der Waals surface area contributed by atoms with E-state index in [1.165, 1.54) is 68.4 Å². The van der Waals surface area contributed by atoms with E-state index >= 15 is 0 Å². The van der Waals surface area contributed by atoms with Crippen molar-refractivity contribution in [3.63, 3.8) is 0 Å². The van der Waals surface area contributed by atoms with Gasteiger partial charge < -0.3 is 4.90 Å². The van der Waals surface area contributed by atoms with Crippen LogP contribution < -0.4 is 0 Å². The molecule has 4 heteroatoms. The number of piperidine rings is 3. The predicted octanol–water partition coefficient (Wildman–Crippen LogP) is 2.69. The molecule has 0 amide bonds. The Hall–Kier alpha value is -0.480. The second kappa shape index (κ2) is 5.02. The SMILES string of the molecule is CCCCc1nsnc1C1CN2CCC1CC2. The molecule has 0 aliphatic carbocycles. The van der Waals surface area contributed by atoms with Crippen LogP contribution in [0.4, 0.5) is 0 Å². The maximum absolute atomic E-state index is 4.62. The zero-order valence-corrected chi connectivity index (χ0v) is 11.4. The normalized spacial score (nSPS) is 31.9. The summed E-state index contributed by atoms with van der Waals surface area (Å²) in [5, 5.41) is 0. The Morgan fingerprint density at radius 2 is 2.12 bits per heavy atom. The maximum Gasteiger partial charge on any atom is 0.0821 e. The lowest BCUT2D eigenvalue weighted by atomic mass is 9.77. The maximum atomic E-state index is 4.62. The van der Waals surface area contributed by atoms with Crippen LogP contribution in [0.25, 0.3) is 0 Å². The number of fused-ring (bicyclic) bond motifs is 3. The van der Waals surface area contributed by atoms with Crippen LogP contribution in [0, 0.1) is 5.92 Å². The summed E-state index contributed by atoms with van der Waals surface area (Å²) >= 11 is 1.42. The van der Waals surface area contributed by atoms with E-state index in [0.717, 1.165) is 12.3 Å². The van der Waals surface area contributed by atoms with Crippen molar-refractivity contribution in [2.75, 3.05) is 19.6 Å². The fourth-order valence-electron chi connectivity index (χ4n) is 3.29. The minimum Gasteiger partial charge on any atom is -0.303 e. The molecule has 0 radical (unpaired) electrons. The first-order valence-electron chi connectivity index (χ1n) is 6.92.